The average molecular weight is 275 g/mol. The highest BCUT2D eigenvalue weighted by Crippen LogP contribution is 2.32. The summed E-state index contributed by atoms with van der Waals surface area (Å²) >= 11 is 5.92. The van der Waals surface area contributed by atoms with Gasteiger partial charge in [-0.05, 0) is 60.4 Å². The average Bonchev–Trinajstić information content (AvgIpc) is 2.41. The van der Waals surface area contributed by atoms with Crippen LogP contribution >= 0.6 is 11.6 Å². The van der Waals surface area contributed by atoms with Crippen LogP contribution in [-0.4, -0.2) is 13.4 Å². The van der Waals surface area contributed by atoms with Crippen molar-refractivity contribution in [3.05, 3.63) is 52.0 Å². The van der Waals surface area contributed by atoms with Gasteiger partial charge in [0.05, 0.1) is 7.11 Å². The Morgan fingerprint density at radius 3 is 2.42 bits per heavy atom. The lowest BCUT2D eigenvalue weighted by Gasteiger charge is -2.13. The Balaban J connectivity index is 2.65. The van der Waals surface area contributed by atoms with Crippen molar-refractivity contribution in [2.75, 3.05) is 7.11 Å². The molecule has 0 heterocycles. The summed E-state index contributed by atoms with van der Waals surface area (Å²) in [6, 6.07) is 9.37. The number of rotatable bonds is 3. The topological polar surface area (TPSA) is 26.3 Å². The summed E-state index contributed by atoms with van der Waals surface area (Å²) in [6.45, 7) is 3.98. The molecule has 2 aromatic rings. The molecule has 0 aromatic heterocycles. The van der Waals surface area contributed by atoms with Crippen LogP contribution in [0.25, 0.3) is 11.1 Å². The summed E-state index contributed by atoms with van der Waals surface area (Å²) in [5, 5.41) is 0.564. The fourth-order valence-corrected chi connectivity index (χ4v) is 2.36. The zero-order chi connectivity index (χ0) is 14.0. The van der Waals surface area contributed by atoms with E-state index in [2.05, 4.69) is 0 Å². The van der Waals surface area contributed by atoms with Gasteiger partial charge in [-0.2, -0.15) is 0 Å². The van der Waals surface area contributed by atoms with Crippen LogP contribution in [0.1, 0.15) is 21.5 Å². The molecule has 0 spiro atoms. The summed E-state index contributed by atoms with van der Waals surface area (Å²) in [6.07, 6.45) is 0.834. The van der Waals surface area contributed by atoms with Crippen molar-refractivity contribution in [3.63, 3.8) is 0 Å². The number of halogens is 1. The Labute approximate surface area is 118 Å². The van der Waals surface area contributed by atoms with Gasteiger partial charge in [0.15, 0.2) is 6.29 Å². The van der Waals surface area contributed by atoms with Crippen molar-refractivity contribution >= 4 is 17.9 Å². The minimum atomic E-state index is 0.564. The smallest absolute Gasteiger partial charge is 0.150 e. The third-order valence-electron chi connectivity index (χ3n) is 3.17. The van der Waals surface area contributed by atoms with Gasteiger partial charge in [0.1, 0.15) is 5.75 Å². The maximum absolute atomic E-state index is 11.2. The molecule has 3 heteroatoms. The van der Waals surface area contributed by atoms with Gasteiger partial charge in [0.2, 0.25) is 0 Å². The molecule has 19 heavy (non-hydrogen) atoms. The van der Waals surface area contributed by atoms with Gasteiger partial charge in [-0.15, -0.1) is 0 Å². The lowest BCUT2D eigenvalue weighted by atomic mass is 9.94. The van der Waals surface area contributed by atoms with Crippen LogP contribution < -0.4 is 4.74 Å². The number of aryl methyl sites for hydroxylation is 2. The first-order chi connectivity index (χ1) is 9.06. The van der Waals surface area contributed by atoms with Crippen molar-refractivity contribution in [1.29, 1.82) is 0 Å². The van der Waals surface area contributed by atoms with Crippen LogP contribution in [0.3, 0.4) is 0 Å². The lowest BCUT2D eigenvalue weighted by Crippen LogP contribution is -1.94. The van der Waals surface area contributed by atoms with E-state index in [9.17, 15) is 4.79 Å². The highest BCUT2D eigenvalue weighted by Gasteiger charge is 2.11. The van der Waals surface area contributed by atoms with E-state index in [1.165, 1.54) is 0 Å². The number of carbonyl (C=O) groups excluding carboxylic acids is 1. The third kappa shape index (κ3) is 2.64. The number of ether oxygens (including phenoxy) is 1. The molecule has 0 fully saturated rings. The largest absolute Gasteiger partial charge is 0.496 e. The van der Waals surface area contributed by atoms with Crippen molar-refractivity contribution in [3.8, 4) is 16.9 Å². The molecule has 2 aromatic carbocycles. The van der Waals surface area contributed by atoms with E-state index in [-0.39, 0.29) is 0 Å². The Hall–Kier alpha value is -1.80. The van der Waals surface area contributed by atoms with Gasteiger partial charge in [0.25, 0.3) is 0 Å². The maximum atomic E-state index is 11.2. The summed E-state index contributed by atoms with van der Waals surface area (Å²) in [7, 11) is 1.65. The SMILES string of the molecule is COc1cc(C)c(-c2ccc(Cl)cc2C=O)cc1C. The van der Waals surface area contributed by atoms with E-state index >= 15 is 0 Å². The van der Waals surface area contributed by atoms with Gasteiger partial charge < -0.3 is 4.74 Å². The molecule has 0 saturated carbocycles. The predicted molar refractivity (Wildman–Crippen MR) is 78.3 cm³/mol. The molecule has 0 radical (unpaired) electrons. The molecule has 0 N–H and O–H groups in total. The number of methoxy groups -OCH3 is 1. The van der Waals surface area contributed by atoms with Crippen LogP contribution in [0.2, 0.25) is 5.02 Å². The number of aldehydes is 1. The molecule has 0 unspecified atom stereocenters. The molecular formula is C16H15ClO2. The Morgan fingerprint density at radius 2 is 1.79 bits per heavy atom. The summed E-state index contributed by atoms with van der Waals surface area (Å²) in [5.41, 5.74) is 4.61. The first-order valence-electron chi connectivity index (χ1n) is 5.97. The van der Waals surface area contributed by atoms with Gasteiger partial charge in [-0.25, -0.2) is 0 Å². The molecule has 0 aliphatic heterocycles. The lowest BCUT2D eigenvalue weighted by molar-refractivity contribution is 0.112. The fourth-order valence-electron chi connectivity index (χ4n) is 2.18. The molecule has 98 valence electrons. The minimum Gasteiger partial charge on any atom is -0.496 e. The third-order valence-corrected chi connectivity index (χ3v) is 3.41. The Bertz CT molecular complexity index is 633. The fraction of sp³-hybridized carbons (Fsp3) is 0.188. The summed E-state index contributed by atoms with van der Waals surface area (Å²) < 4.78 is 5.30. The molecule has 0 saturated heterocycles. The first kappa shape index (κ1) is 13.6. The van der Waals surface area contributed by atoms with E-state index < -0.39 is 0 Å². The molecular weight excluding hydrogens is 260 g/mol. The second-order valence-corrected chi connectivity index (χ2v) is 4.92. The molecule has 2 rings (SSSR count). The Kier molecular flexibility index (Phi) is 3.91. The summed E-state index contributed by atoms with van der Waals surface area (Å²) in [5.74, 6) is 0.850. The van der Waals surface area contributed by atoms with Gasteiger partial charge >= 0.3 is 0 Å². The maximum Gasteiger partial charge on any atom is 0.150 e. The van der Waals surface area contributed by atoms with Crippen LogP contribution in [-0.2, 0) is 0 Å². The quantitative estimate of drug-likeness (QED) is 0.773. The highest BCUT2D eigenvalue weighted by atomic mass is 35.5. The van der Waals surface area contributed by atoms with Crippen LogP contribution in [0, 0.1) is 13.8 Å². The van der Waals surface area contributed by atoms with Crippen LogP contribution in [0.4, 0.5) is 0 Å². The standard InChI is InChI=1S/C16H15ClO2/c1-10-7-16(19-3)11(2)6-15(10)14-5-4-13(17)8-12(14)9-18/h4-9H,1-3H3. The molecule has 0 amide bonds. The summed E-state index contributed by atoms with van der Waals surface area (Å²) in [4.78, 5) is 11.2. The van der Waals surface area contributed by atoms with E-state index in [0.29, 0.717) is 10.6 Å². The van der Waals surface area contributed by atoms with E-state index in [4.69, 9.17) is 16.3 Å². The molecule has 0 atom stereocenters. The van der Waals surface area contributed by atoms with Gasteiger partial charge in [0, 0.05) is 10.6 Å². The number of hydrogen-bond donors (Lipinski definition) is 0. The zero-order valence-electron chi connectivity index (χ0n) is 11.2. The molecule has 0 aliphatic carbocycles. The van der Waals surface area contributed by atoms with E-state index in [1.807, 2.05) is 32.0 Å². The monoisotopic (exact) mass is 274 g/mol. The predicted octanol–water partition coefficient (Wildman–Crippen LogP) is 4.44. The van der Waals surface area contributed by atoms with Gasteiger partial charge in [-0.3, -0.25) is 4.79 Å². The second-order valence-electron chi connectivity index (χ2n) is 4.49. The van der Waals surface area contributed by atoms with Crippen molar-refractivity contribution in [2.45, 2.75) is 13.8 Å². The molecule has 0 bridgehead atoms. The van der Waals surface area contributed by atoms with E-state index in [0.717, 1.165) is 34.3 Å². The Morgan fingerprint density at radius 1 is 1.05 bits per heavy atom. The van der Waals surface area contributed by atoms with Crippen molar-refractivity contribution in [2.24, 2.45) is 0 Å². The van der Waals surface area contributed by atoms with Crippen LogP contribution in [0.5, 0.6) is 5.75 Å². The molecule has 0 aliphatic rings. The zero-order valence-corrected chi connectivity index (χ0v) is 11.9. The normalized spacial score (nSPS) is 10.3. The first-order valence-corrected chi connectivity index (χ1v) is 6.35. The number of carbonyl (C=O) groups is 1. The highest BCUT2D eigenvalue weighted by molar-refractivity contribution is 6.31. The number of benzene rings is 2. The number of hydrogen-bond acceptors (Lipinski definition) is 2. The van der Waals surface area contributed by atoms with E-state index in [1.54, 1.807) is 19.2 Å². The molecule has 2 nitrogen and oxygen atoms in total. The minimum absolute atomic E-state index is 0.564. The second kappa shape index (κ2) is 5.45. The van der Waals surface area contributed by atoms with Crippen molar-refractivity contribution < 1.29 is 9.53 Å². The van der Waals surface area contributed by atoms with Crippen molar-refractivity contribution in [1.82, 2.24) is 0 Å². The van der Waals surface area contributed by atoms with Gasteiger partial charge in [-0.1, -0.05) is 17.7 Å². The van der Waals surface area contributed by atoms with Crippen LogP contribution in [0.15, 0.2) is 30.3 Å².